The smallest absolute Gasteiger partial charge is 0.325 e. The molecule has 4 nitrogen and oxygen atoms in total. The molecule has 5 heteroatoms. The summed E-state index contributed by atoms with van der Waals surface area (Å²) in [5.41, 5.74) is 6.48. The molecule has 0 atom stereocenters. The van der Waals surface area contributed by atoms with Crippen molar-refractivity contribution in [1.82, 2.24) is 0 Å². The molecule has 1 aromatic rings. The van der Waals surface area contributed by atoms with Crippen LogP contribution in [-0.4, -0.2) is 30.2 Å². The SMILES string of the molecule is CC(C)OC(=O)CN(CCC(N)=S)c1ccccc1. The lowest BCUT2D eigenvalue weighted by Crippen LogP contribution is -2.34. The number of nitrogens with zero attached hydrogens (tertiary/aromatic N) is 1. The zero-order chi connectivity index (χ0) is 14.3. The summed E-state index contributed by atoms with van der Waals surface area (Å²) >= 11 is 4.88. The molecule has 1 aromatic carbocycles. The van der Waals surface area contributed by atoms with Gasteiger partial charge in [0, 0.05) is 18.7 Å². The summed E-state index contributed by atoms with van der Waals surface area (Å²) in [5, 5.41) is 0. The first-order valence-electron chi connectivity index (χ1n) is 6.27. The number of para-hydroxylation sites is 1. The molecule has 0 unspecified atom stereocenters. The lowest BCUT2D eigenvalue weighted by Gasteiger charge is -2.24. The van der Waals surface area contributed by atoms with Gasteiger partial charge in [0.2, 0.25) is 0 Å². The van der Waals surface area contributed by atoms with E-state index in [-0.39, 0.29) is 18.6 Å². The molecule has 0 spiro atoms. The molecule has 0 aliphatic rings. The normalized spacial score (nSPS) is 10.3. The highest BCUT2D eigenvalue weighted by Crippen LogP contribution is 2.13. The van der Waals surface area contributed by atoms with Crippen LogP contribution in [0.5, 0.6) is 0 Å². The topological polar surface area (TPSA) is 55.6 Å². The van der Waals surface area contributed by atoms with Crippen molar-refractivity contribution >= 4 is 28.9 Å². The third-order valence-corrected chi connectivity index (χ3v) is 2.64. The number of esters is 1. The van der Waals surface area contributed by atoms with Crippen LogP contribution in [-0.2, 0) is 9.53 Å². The molecule has 0 fully saturated rings. The van der Waals surface area contributed by atoms with Crippen LogP contribution in [0, 0.1) is 0 Å². The maximum atomic E-state index is 11.8. The Hall–Kier alpha value is -1.62. The molecule has 0 heterocycles. The zero-order valence-corrected chi connectivity index (χ0v) is 12.2. The predicted octanol–water partition coefficient (Wildman–Crippen LogP) is 2.12. The monoisotopic (exact) mass is 280 g/mol. The fraction of sp³-hybridized carbons (Fsp3) is 0.429. The van der Waals surface area contributed by atoms with Gasteiger partial charge >= 0.3 is 5.97 Å². The van der Waals surface area contributed by atoms with Gasteiger partial charge < -0.3 is 15.4 Å². The first-order valence-corrected chi connectivity index (χ1v) is 6.67. The molecule has 104 valence electrons. The van der Waals surface area contributed by atoms with Crippen molar-refractivity contribution in [2.24, 2.45) is 5.73 Å². The van der Waals surface area contributed by atoms with Crippen LogP contribution in [0.4, 0.5) is 5.69 Å². The highest BCUT2D eigenvalue weighted by molar-refractivity contribution is 7.80. The van der Waals surface area contributed by atoms with Crippen LogP contribution in [0.15, 0.2) is 30.3 Å². The van der Waals surface area contributed by atoms with Crippen molar-refractivity contribution in [2.45, 2.75) is 26.4 Å². The number of hydrogen-bond acceptors (Lipinski definition) is 4. The molecule has 0 bridgehead atoms. The number of carbonyl (C=O) groups is 1. The van der Waals surface area contributed by atoms with E-state index in [0.717, 1.165) is 5.69 Å². The van der Waals surface area contributed by atoms with E-state index >= 15 is 0 Å². The van der Waals surface area contributed by atoms with Gasteiger partial charge in [-0.15, -0.1) is 0 Å². The maximum absolute atomic E-state index is 11.8. The van der Waals surface area contributed by atoms with E-state index in [1.807, 2.05) is 49.1 Å². The molecule has 0 radical (unpaired) electrons. The Morgan fingerprint density at radius 1 is 1.37 bits per heavy atom. The van der Waals surface area contributed by atoms with Crippen molar-refractivity contribution in [2.75, 3.05) is 18.0 Å². The van der Waals surface area contributed by atoms with Crippen molar-refractivity contribution in [3.63, 3.8) is 0 Å². The van der Waals surface area contributed by atoms with Gasteiger partial charge in [-0.05, 0) is 26.0 Å². The second-order valence-electron chi connectivity index (χ2n) is 4.51. The van der Waals surface area contributed by atoms with E-state index in [2.05, 4.69) is 0 Å². The third-order valence-electron chi connectivity index (χ3n) is 2.44. The van der Waals surface area contributed by atoms with Gasteiger partial charge in [0.05, 0.1) is 11.1 Å². The van der Waals surface area contributed by atoms with Crippen LogP contribution in [0.3, 0.4) is 0 Å². The van der Waals surface area contributed by atoms with Gasteiger partial charge in [0.25, 0.3) is 0 Å². The van der Waals surface area contributed by atoms with Crippen LogP contribution in [0.2, 0.25) is 0 Å². The Kier molecular flexibility index (Phi) is 6.29. The van der Waals surface area contributed by atoms with Gasteiger partial charge in [-0.1, -0.05) is 30.4 Å². The first-order chi connectivity index (χ1) is 8.99. The lowest BCUT2D eigenvalue weighted by atomic mass is 10.2. The van der Waals surface area contributed by atoms with E-state index in [1.54, 1.807) is 0 Å². The average molecular weight is 280 g/mol. The second-order valence-corrected chi connectivity index (χ2v) is 5.04. The van der Waals surface area contributed by atoms with E-state index in [9.17, 15) is 4.79 Å². The predicted molar refractivity (Wildman–Crippen MR) is 81.3 cm³/mol. The maximum Gasteiger partial charge on any atom is 0.325 e. The number of anilines is 1. The zero-order valence-electron chi connectivity index (χ0n) is 11.3. The van der Waals surface area contributed by atoms with Gasteiger partial charge in [0.1, 0.15) is 6.54 Å². The highest BCUT2D eigenvalue weighted by atomic mass is 32.1. The van der Waals surface area contributed by atoms with Gasteiger partial charge in [0.15, 0.2) is 0 Å². The molecule has 1 rings (SSSR count). The molecular formula is C14H20N2O2S. The molecule has 2 N–H and O–H groups in total. The molecule has 0 saturated carbocycles. The van der Waals surface area contributed by atoms with E-state index in [1.165, 1.54) is 0 Å². The number of nitrogens with two attached hydrogens (primary N) is 1. The summed E-state index contributed by atoms with van der Waals surface area (Å²) in [5.74, 6) is -0.248. The van der Waals surface area contributed by atoms with Crippen LogP contribution >= 0.6 is 12.2 Å². The van der Waals surface area contributed by atoms with Crippen LogP contribution < -0.4 is 10.6 Å². The Labute approximate surface area is 119 Å². The fourth-order valence-electron chi connectivity index (χ4n) is 1.64. The van der Waals surface area contributed by atoms with Gasteiger partial charge in [-0.3, -0.25) is 4.79 Å². The summed E-state index contributed by atoms with van der Waals surface area (Å²) in [6.07, 6.45) is 0.458. The minimum atomic E-state index is -0.248. The average Bonchev–Trinajstić information content (AvgIpc) is 2.34. The Bertz CT molecular complexity index is 421. The van der Waals surface area contributed by atoms with Crippen molar-refractivity contribution in [3.05, 3.63) is 30.3 Å². The lowest BCUT2D eigenvalue weighted by molar-refractivity contribution is -0.145. The summed E-state index contributed by atoms with van der Waals surface area (Å²) in [7, 11) is 0. The number of rotatable bonds is 7. The Morgan fingerprint density at radius 3 is 2.53 bits per heavy atom. The largest absolute Gasteiger partial charge is 0.462 e. The fourth-order valence-corrected chi connectivity index (χ4v) is 1.73. The third kappa shape index (κ3) is 6.20. The highest BCUT2D eigenvalue weighted by Gasteiger charge is 2.13. The van der Waals surface area contributed by atoms with Crippen molar-refractivity contribution < 1.29 is 9.53 Å². The quantitative estimate of drug-likeness (QED) is 0.612. The van der Waals surface area contributed by atoms with E-state index in [0.29, 0.717) is 18.0 Å². The van der Waals surface area contributed by atoms with E-state index in [4.69, 9.17) is 22.7 Å². The molecular weight excluding hydrogens is 260 g/mol. The number of carbonyl (C=O) groups excluding carboxylic acids is 1. The summed E-state index contributed by atoms with van der Waals surface area (Å²) in [4.78, 5) is 14.1. The molecule has 0 aromatic heterocycles. The standard InChI is InChI=1S/C14H20N2O2S/c1-11(2)18-14(17)10-16(9-8-13(15)19)12-6-4-3-5-7-12/h3-7,11H,8-10H2,1-2H3,(H2,15,19). The number of thiocarbonyl (C=S) groups is 1. The Morgan fingerprint density at radius 2 is 2.00 bits per heavy atom. The molecule has 0 aliphatic carbocycles. The number of hydrogen-bond donors (Lipinski definition) is 1. The number of benzene rings is 1. The Balaban J connectivity index is 2.69. The molecule has 0 aliphatic heterocycles. The van der Waals surface area contributed by atoms with Crippen LogP contribution in [0.1, 0.15) is 20.3 Å². The summed E-state index contributed by atoms with van der Waals surface area (Å²) in [6, 6.07) is 9.68. The van der Waals surface area contributed by atoms with Gasteiger partial charge in [-0.25, -0.2) is 0 Å². The summed E-state index contributed by atoms with van der Waals surface area (Å²) in [6.45, 7) is 4.47. The van der Waals surface area contributed by atoms with Gasteiger partial charge in [-0.2, -0.15) is 0 Å². The second kappa shape index (κ2) is 7.74. The first kappa shape index (κ1) is 15.4. The molecule has 19 heavy (non-hydrogen) atoms. The molecule has 0 amide bonds. The summed E-state index contributed by atoms with van der Waals surface area (Å²) < 4.78 is 5.16. The molecule has 0 saturated heterocycles. The van der Waals surface area contributed by atoms with Crippen molar-refractivity contribution in [3.8, 4) is 0 Å². The number of ether oxygens (including phenoxy) is 1. The van der Waals surface area contributed by atoms with E-state index < -0.39 is 0 Å². The van der Waals surface area contributed by atoms with Crippen molar-refractivity contribution in [1.29, 1.82) is 0 Å². The minimum Gasteiger partial charge on any atom is -0.462 e. The minimum absolute atomic E-state index is 0.110. The van der Waals surface area contributed by atoms with Crippen LogP contribution in [0.25, 0.3) is 0 Å².